The molecule has 0 spiro atoms. The van der Waals surface area contributed by atoms with Crippen LogP contribution in [0.25, 0.3) is 0 Å². The van der Waals surface area contributed by atoms with E-state index in [1.165, 1.54) is 18.4 Å². The van der Waals surface area contributed by atoms with Crippen molar-refractivity contribution in [2.75, 3.05) is 13.7 Å². The predicted molar refractivity (Wildman–Crippen MR) is 66.6 cm³/mol. The molecular formula is C14H21NO. The number of ether oxygens (including phenoxy) is 1. The Morgan fingerprint density at radius 1 is 1.38 bits per heavy atom. The second-order valence-electron chi connectivity index (χ2n) is 4.47. The normalized spacial score (nSPS) is 22.2. The number of likely N-dealkylation sites (N-methyl/N-ethyl adjacent to an activating group) is 1. The molecule has 2 heteroatoms. The molecule has 1 aromatic carbocycles. The molecule has 16 heavy (non-hydrogen) atoms. The van der Waals surface area contributed by atoms with Crippen LogP contribution in [0.2, 0.25) is 0 Å². The Balaban J connectivity index is 1.83. The molecule has 0 amide bonds. The van der Waals surface area contributed by atoms with Gasteiger partial charge in [0, 0.05) is 12.6 Å². The molecule has 2 unspecified atom stereocenters. The van der Waals surface area contributed by atoms with E-state index in [0.29, 0.717) is 12.1 Å². The largest absolute Gasteiger partial charge is 0.377 e. The lowest BCUT2D eigenvalue weighted by Gasteiger charge is -2.22. The van der Waals surface area contributed by atoms with Crippen molar-refractivity contribution in [1.29, 1.82) is 0 Å². The Morgan fingerprint density at radius 2 is 2.19 bits per heavy atom. The quantitative estimate of drug-likeness (QED) is 0.821. The first kappa shape index (κ1) is 11.6. The Hall–Kier alpha value is -0.860. The highest BCUT2D eigenvalue weighted by Gasteiger charge is 2.24. The highest BCUT2D eigenvalue weighted by Crippen LogP contribution is 2.18. The molecule has 88 valence electrons. The smallest absolute Gasteiger partial charge is 0.0728 e. The lowest BCUT2D eigenvalue weighted by atomic mass is 10.00. The number of hydrogen-bond acceptors (Lipinski definition) is 2. The third kappa shape index (κ3) is 3.06. The Morgan fingerprint density at radius 3 is 2.81 bits per heavy atom. The first-order valence-corrected chi connectivity index (χ1v) is 6.23. The van der Waals surface area contributed by atoms with E-state index in [0.717, 1.165) is 19.4 Å². The summed E-state index contributed by atoms with van der Waals surface area (Å²) in [6, 6.07) is 11.2. The molecule has 2 rings (SSSR count). The van der Waals surface area contributed by atoms with E-state index in [-0.39, 0.29) is 0 Å². The summed E-state index contributed by atoms with van der Waals surface area (Å²) in [6.07, 6.45) is 5.14. The fourth-order valence-electron chi connectivity index (χ4n) is 2.40. The minimum atomic E-state index is 0.425. The van der Waals surface area contributed by atoms with Gasteiger partial charge in [0.25, 0.3) is 0 Å². The number of aryl methyl sites for hydroxylation is 1. The van der Waals surface area contributed by atoms with Crippen molar-refractivity contribution in [2.24, 2.45) is 0 Å². The van der Waals surface area contributed by atoms with Gasteiger partial charge in [-0.15, -0.1) is 0 Å². The van der Waals surface area contributed by atoms with Gasteiger partial charge in [0.15, 0.2) is 0 Å². The molecule has 1 aliphatic heterocycles. The van der Waals surface area contributed by atoms with E-state index in [2.05, 4.69) is 35.6 Å². The summed E-state index contributed by atoms with van der Waals surface area (Å²) in [5, 5.41) is 3.39. The van der Waals surface area contributed by atoms with E-state index >= 15 is 0 Å². The fraction of sp³-hybridized carbons (Fsp3) is 0.571. The summed E-state index contributed by atoms with van der Waals surface area (Å²) < 4.78 is 5.73. The molecule has 0 aromatic heterocycles. The van der Waals surface area contributed by atoms with Crippen LogP contribution in [0.3, 0.4) is 0 Å². The van der Waals surface area contributed by atoms with Crippen molar-refractivity contribution in [3.8, 4) is 0 Å². The number of benzene rings is 1. The van der Waals surface area contributed by atoms with Crippen molar-refractivity contribution in [1.82, 2.24) is 5.32 Å². The number of nitrogens with one attached hydrogen (secondary N) is 1. The maximum absolute atomic E-state index is 5.73. The molecule has 0 saturated carbocycles. The Labute approximate surface area is 98.0 Å². The van der Waals surface area contributed by atoms with E-state index < -0.39 is 0 Å². The second-order valence-corrected chi connectivity index (χ2v) is 4.47. The first-order chi connectivity index (χ1) is 7.90. The van der Waals surface area contributed by atoms with Crippen LogP contribution in [0.15, 0.2) is 30.3 Å². The van der Waals surface area contributed by atoms with Gasteiger partial charge < -0.3 is 10.1 Å². The van der Waals surface area contributed by atoms with E-state index in [9.17, 15) is 0 Å². The zero-order valence-corrected chi connectivity index (χ0v) is 9.99. The molecule has 1 saturated heterocycles. The zero-order chi connectivity index (χ0) is 11.2. The minimum absolute atomic E-state index is 0.425. The SMILES string of the molecule is CNC(CCc1ccccc1)C1CCCO1. The minimum Gasteiger partial charge on any atom is -0.377 e. The molecule has 0 radical (unpaired) electrons. The third-order valence-electron chi connectivity index (χ3n) is 3.37. The number of hydrogen-bond donors (Lipinski definition) is 1. The van der Waals surface area contributed by atoms with Crippen LogP contribution in [0, 0.1) is 0 Å². The lowest BCUT2D eigenvalue weighted by Crippen LogP contribution is -2.37. The van der Waals surface area contributed by atoms with Crippen molar-refractivity contribution >= 4 is 0 Å². The highest BCUT2D eigenvalue weighted by molar-refractivity contribution is 5.14. The van der Waals surface area contributed by atoms with Gasteiger partial charge in [-0.1, -0.05) is 30.3 Å². The van der Waals surface area contributed by atoms with Gasteiger partial charge in [-0.05, 0) is 38.3 Å². The summed E-state index contributed by atoms with van der Waals surface area (Å²) in [5.41, 5.74) is 1.42. The fourth-order valence-corrected chi connectivity index (χ4v) is 2.40. The highest BCUT2D eigenvalue weighted by atomic mass is 16.5. The molecule has 1 heterocycles. The topological polar surface area (TPSA) is 21.3 Å². The lowest BCUT2D eigenvalue weighted by molar-refractivity contribution is 0.0782. The summed E-state index contributed by atoms with van der Waals surface area (Å²) in [7, 11) is 2.04. The molecule has 2 nitrogen and oxygen atoms in total. The van der Waals surface area contributed by atoms with Crippen molar-refractivity contribution in [3.63, 3.8) is 0 Å². The van der Waals surface area contributed by atoms with E-state index in [4.69, 9.17) is 4.74 Å². The molecule has 1 aromatic rings. The maximum Gasteiger partial charge on any atom is 0.0728 e. The van der Waals surface area contributed by atoms with Gasteiger partial charge >= 0.3 is 0 Å². The van der Waals surface area contributed by atoms with Gasteiger partial charge in [-0.2, -0.15) is 0 Å². The van der Waals surface area contributed by atoms with Crippen LogP contribution >= 0.6 is 0 Å². The van der Waals surface area contributed by atoms with E-state index in [1.807, 2.05) is 7.05 Å². The van der Waals surface area contributed by atoms with Crippen molar-refractivity contribution in [3.05, 3.63) is 35.9 Å². The van der Waals surface area contributed by atoms with Crippen LogP contribution in [-0.4, -0.2) is 25.8 Å². The molecule has 1 aliphatic rings. The standard InChI is InChI=1S/C14H21NO/c1-15-13(14-8-5-11-16-14)10-9-12-6-3-2-4-7-12/h2-4,6-7,13-15H,5,8-11H2,1H3. The van der Waals surface area contributed by atoms with Crippen LogP contribution < -0.4 is 5.32 Å². The maximum atomic E-state index is 5.73. The zero-order valence-electron chi connectivity index (χ0n) is 9.99. The Bertz CT molecular complexity index is 293. The first-order valence-electron chi connectivity index (χ1n) is 6.23. The summed E-state index contributed by atoms with van der Waals surface area (Å²) in [6.45, 7) is 0.939. The third-order valence-corrected chi connectivity index (χ3v) is 3.37. The van der Waals surface area contributed by atoms with Gasteiger partial charge in [-0.3, -0.25) is 0 Å². The summed E-state index contributed by atoms with van der Waals surface area (Å²) >= 11 is 0. The molecule has 0 bridgehead atoms. The van der Waals surface area contributed by atoms with Crippen LogP contribution in [0.1, 0.15) is 24.8 Å². The monoisotopic (exact) mass is 219 g/mol. The van der Waals surface area contributed by atoms with Crippen LogP contribution in [-0.2, 0) is 11.2 Å². The van der Waals surface area contributed by atoms with Gasteiger partial charge in [0.2, 0.25) is 0 Å². The average molecular weight is 219 g/mol. The molecule has 2 atom stereocenters. The Kier molecular flexibility index (Phi) is 4.37. The molecule has 1 N–H and O–H groups in total. The molecule has 0 aliphatic carbocycles. The second kappa shape index (κ2) is 6.02. The van der Waals surface area contributed by atoms with Crippen molar-refractivity contribution in [2.45, 2.75) is 37.8 Å². The average Bonchev–Trinajstić information content (AvgIpc) is 2.85. The van der Waals surface area contributed by atoms with Crippen LogP contribution in [0.4, 0.5) is 0 Å². The van der Waals surface area contributed by atoms with Crippen LogP contribution in [0.5, 0.6) is 0 Å². The van der Waals surface area contributed by atoms with Gasteiger partial charge in [0.1, 0.15) is 0 Å². The molecular weight excluding hydrogens is 198 g/mol. The summed E-state index contributed by atoms with van der Waals surface area (Å²) in [4.78, 5) is 0. The van der Waals surface area contributed by atoms with E-state index in [1.54, 1.807) is 0 Å². The molecule has 1 fully saturated rings. The van der Waals surface area contributed by atoms with Gasteiger partial charge in [0.05, 0.1) is 6.10 Å². The predicted octanol–water partition coefficient (Wildman–Crippen LogP) is 2.39. The van der Waals surface area contributed by atoms with Crippen molar-refractivity contribution < 1.29 is 4.74 Å². The number of rotatable bonds is 5. The van der Waals surface area contributed by atoms with Gasteiger partial charge in [-0.25, -0.2) is 0 Å². The summed E-state index contributed by atoms with van der Waals surface area (Å²) in [5.74, 6) is 0.